The molecule has 9 nitrogen and oxygen atoms in total. The van der Waals surface area contributed by atoms with Crippen molar-refractivity contribution in [1.29, 1.82) is 0 Å². The van der Waals surface area contributed by atoms with Gasteiger partial charge < -0.3 is 18.6 Å². The number of hydrogen-bond donors (Lipinski definition) is 1. The summed E-state index contributed by atoms with van der Waals surface area (Å²) in [7, 11) is 1.57. The van der Waals surface area contributed by atoms with Crippen LogP contribution in [0, 0.1) is 6.92 Å². The van der Waals surface area contributed by atoms with Gasteiger partial charge in [-0.05, 0) is 42.8 Å². The summed E-state index contributed by atoms with van der Waals surface area (Å²) in [6, 6.07) is 11.7. The van der Waals surface area contributed by atoms with Crippen LogP contribution in [0.15, 0.2) is 51.7 Å². The van der Waals surface area contributed by atoms with Gasteiger partial charge in [0.1, 0.15) is 17.1 Å². The molecule has 164 valence electrons. The number of ether oxygens (including phenoxy) is 3. The second-order valence-electron chi connectivity index (χ2n) is 6.76. The number of amides is 1. The van der Waals surface area contributed by atoms with E-state index in [2.05, 4.69) is 10.3 Å². The first-order chi connectivity index (χ1) is 15.4. The van der Waals surface area contributed by atoms with E-state index in [1.54, 1.807) is 38.3 Å². The van der Waals surface area contributed by atoms with Crippen molar-refractivity contribution in [3.8, 4) is 11.5 Å². The summed E-state index contributed by atoms with van der Waals surface area (Å²) in [6.45, 7) is 0.913. The number of nitrogens with one attached hydrogen (secondary N) is 1. The third kappa shape index (κ3) is 4.86. The number of aryl methyl sites for hydroxylation is 1. The van der Waals surface area contributed by atoms with Crippen molar-refractivity contribution in [2.24, 2.45) is 0 Å². The average Bonchev–Trinajstić information content (AvgIpc) is 3.17. The fourth-order valence-corrected chi connectivity index (χ4v) is 3.88. The Labute approximate surface area is 185 Å². The highest BCUT2D eigenvalue weighted by molar-refractivity contribution is 7.22. The van der Waals surface area contributed by atoms with Crippen LogP contribution in [0.1, 0.15) is 5.56 Å². The smallest absolute Gasteiger partial charge is 0.344 e. The number of esters is 1. The molecule has 0 fully saturated rings. The lowest BCUT2D eigenvalue weighted by molar-refractivity contribution is -0.149. The Hall–Kier alpha value is -3.92. The summed E-state index contributed by atoms with van der Waals surface area (Å²) in [6.07, 6.45) is 0. The van der Waals surface area contributed by atoms with Gasteiger partial charge in [0, 0.05) is 17.5 Å². The molecule has 4 rings (SSSR count). The molecule has 0 bridgehead atoms. The SMILES string of the molecule is COc1ccc2nc(NC(=O)COC(=O)COc3ccc4c(C)cc(=O)oc4c3)sc2c1. The topological polar surface area (TPSA) is 117 Å². The lowest BCUT2D eigenvalue weighted by Crippen LogP contribution is -2.23. The monoisotopic (exact) mass is 454 g/mol. The Bertz CT molecular complexity index is 1380. The lowest BCUT2D eigenvalue weighted by Gasteiger charge is -2.08. The molecule has 1 amide bonds. The van der Waals surface area contributed by atoms with E-state index in [9.17, 15) is 14.4 Å². The van der Waals surface area contributed by atoms with Gasteiger partial charge in [-0.25, -0.2) is 14.6 Å². The minimum atomic E-state index is -0.722. The summed E-state index contributed by atoms with van der Waals surface area (Å²) >= 11 is 1.28. The highest BCUT2D eigenvalue weighted by atomic mass is 32.1. The highest BCUT2D eigenvalue weighted by Crippen LogP contribution is 2.29. The molecule has 0 aliphatic carbocycles. The maximum atomic E-state index is 12.1. The number of nitrogens with zero attached hydrogens (tertiary/aromatic N) is 1. The zero-order valence-electron chi connectivity index (χ0n) is 17.2. The predicted octanol–water partition coefficient (Wildman–Crippen LogP) is 3.28. The maximum absolute atomic E-state index is 12.1. The fraction of sp³-hybridized carbons (Fsp3) is 0.182. The number of anilines is 1. The molecule has 2 heterocycles. The molecular formula is C22H18N2O7S. The minimum absolute atomic E-state index is 0.331. The van der Waals surface area contributed by atoms with E-state index >= 15 is 0 Å². The largest absolute Gasteiger partial charge is 0.497 e. The molecule has 0 saturated carbocycles. The molecule has 0 saturated heterocycles. The number of benzene rings is 2. The molecular weight excluding hydrogens is 436 g/mol. The summed E-state index contributed by atoms with van der Waals surface area (Å²) in [5.74, 6) is -0.221. The van der Waals surface area contributed by atoms with Crippen molar-refractivity contribution < 1.29 is 28.2 Å². The maximum Gasteiger partial charge on any atom is 0.344 e. The molecule has 2 aromatic heterocycles. The van der Waals surface area contributed by atoms with E-state index in [0.717, 1.165) is 21.2 Å². The molecule has 0 unspecified atom stereocenters. The number of thiazole rings is 1. The first-order valence-electron chi connectivity index (χ1n) is 9.48. The molecule has 10 heteroatoms. The van der Waals surface area contributed by atoms with E-state index in [-0.39, 0.29) is 0 Å². The van der Waals surface area contributed by atoms with Crippen LogP contribution >= 0.6 is 11.3 Å². The molecule has 4 aromatic rings. The number of aromatic nitrogens is 1. The molecule has 0 spiro atoms. The number of fused-ring (bicyclic) bond motifs is 2. The standard InChI is InChI=1S/C22H18N2O7S/c1-12-7-20(26)31-17-8-14(3-5-15(12)17)29-11-21(27)30-10-19(25)24-22-23-16-6-4-13(28-2)9-18(16)32-22/h3-9H,10-11H2,1-2H3,(H,23,24,25). The Balaban J connectivity index is 1.29. The molecule has 0 aliphatic heterocycles. The Morgan fingerprint density at radius 2 is 1.91 bits per heavy atom. The summed E-state index contributed by atoms with van der Waals surface area (Å²) in [4.78, 5) is 39.8. The molecule has 0 atom stereocenters. The normalized spacial score (nSPS) is 10.8. The van der Waals surface area contributed by atoms with Crippen LogP contribution in [0.5, 0.6) is 11.5 Å². The average molecular weight is 454 g/mol. The molecule has 32 heavy (non-hydrogen) atoms. The van der Waals surface area contributed by atoms with Crippen molar-refractivity contribution in [2.45, 2.75) is 6.92 Å². The third-order valence-corrected chi connectivity index (χ3v) is 5.42. The van der Waals surface area contributed by atoms with Crippen LogP contribution in [0.3, 0.4) is 0 Å². The van der Waals surface area contributed by atoms with Crippen LogP contribution in [0.4, 0.5) is 5.13 Å². The van der Waals surface area contributed by atoms with Crippen LogP contribution in [0.2, 0.25) is 0 Å². The van der Waals surface area contributed by atoms with Crippen molar-refractivity contribution in [3.63, 3.8) is 0 Å². The lowest BCUT2D eigenvalue weighted by atomic mass is 10.1. The van der Waals surface area contributed by atoms with Crippen molar-refractivity contribution in [1.82, 2.24) is 4.98 Å². The number of rotatable bonds is 7. The Morgan fingerprint density at radius 3 is 2.72 bits per heavy atom. The zero-order chi connectivity index (χ0) is 22.7. The van der Waals surface area contributed by atoms with Gasteiger partial charge in [0.25, 0.3) is 5.91 Å². The second kappa shape index (κ2) is 9.06. The van der Waals surface area contributed by atoms with E-state index in [0.29, 0.717) is 22.2 Å². The molecule has 1 N–H and O–H groups in total. The summed E-state index contributed by atoms with van der Waals surface area (Å²) in [5.41, 5.74) is 1.39. The third-order valence-electron chi connectivity index (χ3n) is 4.49. The molecule has 2 aromatic carbocycles. The van der Waals surface area contributed by atoms with Gasteiger partial charge in [-0.2, -0.15) is 0 Å². The number of carbonyl (C=O) groups is 2. The van der Waals surface area contributed by atoms with Gasteiger partial charge in [-0.3, -0.25) is 10.1 Å². The van der Waals surface area contributed by atoms with Crippen LogP contribution < -0.4 is 20.4 Å². The van der Waals surface area contributed by atoms with Gasteiger partial charge in [0.2, 0.25) is 0 Å². The zero-order valence-corrected chi connectivity index (χ0v) is 18.0. The van der Waals surface area contributed by atoms with Gasteiger partial charge in [-0.1, -0.05) is 11.3 Å². The van der Waals surface area contributed by atoms with E-state index < -0.39 is 30.7 Å². The number of methoxy groups -OCH3 is 1. The molecule has 0 aliphatic rings. The van der Waals surface area contributed by atoms with Gasteiger partial charge in [0.15, 0.2) is 18.3 Å². The Kier molecular flexibility index (Phi) is 6.04. The predicted molar refractivity (Wildman–Crippen MR) is 118 cm³/mol. The van der Waals surface area contributed by atoms with Crippen molar-refractivity contribution in [2.75, 3.05) is 25.6 Å². The molecule has 0 radical (unpaired) electrons. The van der Waals surface area contributed by atoms with E-state index in [1.807, 2.05) is 6.07 Å². The van der Waals surface area contributed by atoms with Crippen LogP contribution in [0.25, 0.3) is 21.2 Å². The summed E-state index contributed by atoms with van der Waals surface area (Å²) in [5, 5.41) is 3.75. The number of carbonyl (C=O) groups excluding carboxylic acids is 2. The van der Waals surface area contributed by atoms with Gasteiger partial charge in [0.05, 0.1) is 17.3 Å². The van der Waals surface area contributed by atoms with E-state index in [1.165, 1.54) is 23.5 Å². The second-order valence-corrected chi connectivity index (χ2v) is 7.79. The van der Waals surface area contributed by atoms with E-state index in [4.69, 9.17) is 18.6 Å². The highest BCUT2D eigenvalue weighted by Gasteiger charge is 2.12. The Morgan fingerprint density at radius 1 is 1.09 bits per heavy atom. The minimum Gasteiger partial charge on any atom is -0.497 e. The first kappa shape index (κ1) is 21.3. The summed E-state index contributed by atoms with van der Waals surface area (Å²) < 4.78 is 21.5. The van der Waals surface area contributed by atoms with Gasteiger partial charge in [-0.15, -0.1) is 0 Å². The van der Waals surface area contributed by atoms with Crippen LogP contribution in [-0.2, 0) is 14.3 Å². The number of hydrogen-bond acceptors (Lipinski definition) is 9. The van der Waals surface area contributed by atoms with Crippen molar-refractivity contribution >= 4 is 49.5 Å². The van der Waals surface area contributed by atoms with Crippen LogP contribution in [-0.4, -0.2) is 37.2 Å². The quantitative estimate of drug-likeness (QED) is 0.334. The van der Waals surface area contributed by atoms with Crippen molar-refractivity contribution in [3.05, 3.63) is 58.4 Å². The fourth-order valence-electron chi connectivity index (χ4n) is 2.97. The van der Waals surface area contributed by atoms with Gasteiger partial charge >= 0.3 is 11.6 Å². The first-order valence-corrected chi connectivity index (χ1v) is 10.3.